The van der Waals surface area contributed by atoms with Crippen LogP contribution in [0.5, 0.6) is 0 Å². The average Bonchev–Trinajstić information content (AvgIpc) is 2.55. The highest BCUT2D eigenvalue weighted by Crippen LogP contribution is 2.43. The van der Waals surface area contributed by atoms with Gasteiger partial charge in [-0.3, -0.25) is 9.69 Å². The van der Waals surface area contributed by atoms with Crippen molar-refractivity contribution in [3.8, 4) is 0 Å². The maximum absolute atomic E-state index is 12.4. The van der Waals surface area contributed by atoms with Crippen molar-refractivity contribution >= 4 is 5.91 Å². The van der Waals surface area contributed by atoms with E-state index in [9.17, 15) is 4.79 Å². The first-order chi connectivity index (χ1) is 11.6. The number of hydrogen-bond donors (Lipinski definition) is 1. The van der Waals surface area contributed by atoms with Crippen LogP contribution in [0, 0.1) is 5.92 Å². The van der Waals surface area contributed by atoms with E-state index in [1.54, 1.807) is 0 Å². The molecule has 1 amide bonds. The Bertz CT molecular complexity index is 530. The molecule has 132 valence electrons. The smallest absolute Gasteiger partial charge is 0.234 e. The lowest BCUT2D eigenvalue weighted by Gasteiger charge is -2.43. The molecule has 3 rings (SSSR count). The van der Waals surface area contributed by atoms with Gasteiger partial charge < -0.3 is 5.32 Å². The van der Waals surface area contributed by atoms with Gasteiger partial charge in [0.2, 0.25) is 5.91 Å². The summed E-state index contributed by atoms with van der Waals surface area (Å²) in [5.41, 5.74) is 1.56. The maximum Gasteiger partial charge on any atom is 0.234 e. The van der Waals surface area contributed by atoms with Crippen LogP contribution in [0.25, 0.3) is 0 Å². The van der Waals surface area contributed by atoms with Crippen molar-refractivity contribution in [2.75, 3.05) is 20.1 Å². The van der Waals surface area contributed by atoms with Gasteiger partial charge in [0, 0.05) is 18.0 Å². The highest BCUT2D eigenvalue weighted by molar-refractivity contribution is 5.78. The van der Waals surface area contributed by atoms with Gasteiger partial charge >= 0.3 is 0 Å². The van der Waals surface area contributed by atoms with Crippen LogP contribution in [0.2, 0.25) is 0 Å². The summed E-state index contributed by atoms with van der Waals surface area (Å²) in [5.74, 6) is 1.03. The van der Waals surface area contributed by atoms with Crippen molar-refractivity contribution in [1.82, 2.24) is 10.2 Å². The fraction of sp³-hybridized carbons (Fsp3) is 0.667. The van der Waals surface area contributed by atoms with Crippen LogP contribution in [0.3, 0.4) is 0 Å². The highest BCUT2D eigenvalue weighted by atomic mass is 16.2. The fourth-order valence-corrected chi connectivity index (χ4v) is 4.33. The summed E-state index contributed by atoms with van der Waals surface area (Å²) in [4.78, 5) is 14.7. The molecule has 0 aliphatic heterocycles. The summed E-state index contributed by atoms with van der Waals surface area (Å²) < 4.78 is 0. The second-order valence-electron chi connectivity index (χ2n) is 8.11. The molecule has 0 saturated heterocycles. The van der Waals surface area contributed by atoms with Gasteiger partial charge in [0.1, 0.15) is 0 Å². The number of hydrogen-bond acceptors (Lipinski definition) is 2. The topological polar surface area (TPSA) is 32.3 Å². The molecule has 0 unspecified atom stereocenters. The van der Waals surface area contributed by atoms with Crippen LogP contribution in [0.4, 0.5) is 0 Å². The Kier molecular flexibility index (Phi) is 5.60. The van der Waals surface area contributed by atoms with Crippen molar-refractivity contribution in [3.63, 3.8) is 0 Å². The molecule has 1 N–H and O–H groups in total. The Morgan fingerprint density at radius 3 is 2.42 bits per heavy atom. The zero-order valence-electron chi connectivity index (χ0n) is 15.3. The summed E-state index contributed by atoms with van der Waals surface area (Å²) in [6, 6.07) is 11.3. The van der Waals surface area contributed by atoms with E-state index in [0.717, 1.165) is 12.5 Å². The first-order valence-corrected chi connectivity index (χ1v) is 9.61. The third-order valence-corrected chi connectivity index (χ3v) is 6.32. The Morgan fingerprint density at radius 1 is 1.17 bits per heavy atom. The van der Waals surface area contributed by atoms with Gasteiger partial charge in [-0.2, -0.15) is 0 Å². The number of amides is 1. The van der Waals surface area contributed by atoms with E-state index in [0.29, 0.717) is 12.6 Å². The summed E-state index contributed by atoms with van der Waals surface area (Å²) >= 11 is 0. The Morgan fingerprint density at radius 2 is 1.83 bits per heavy atom. The minimum absolute atomic E-state index is 0.176. The van der Waals surface area contributed by atoms with Gasteiger partial charge in [-0.15, -0.1) is 0 Å². The molecular weight excluding hydrogens is 296 g/mol. The monoisotopic (exact) mass is 328 g/mol. The highest BCUT2D eigenvalue weighted by Gasteiger charge is 2.38. The molecule has 1 aromatic carbocycles. The van der Waals surface area contributed by atoms with Crippen molar-refractivity contribution < 1.29 is 4.79 Å². The second-order valence-corrected chi connectivity index (χ2v) is 8.11. The SMILES string of the molecule is CC1CCC(N(C)CC(=O)NCC2(c3ccccc3)CCC2)CC1. The quantitative estimate of drug-likeness (QED) is 0.863. The van der Waals surface area contributed by atoms with Crippen molar-refractivity contribution in [2.45, 2.75) is 63.3 Å². The molecule has 0 bridgehead atoms. The molecular formula is C21H32N2O. The molecule has 2 fully saturated rings. The van der Waals surface area contributed by atoms with Crippen molar-refractivity contribution in [1.29, 1.82) is 0 Å². The molecule has 0 spiro atoms. The predicted molar refractivity (Wildman–Crippen MR) is 99.0 cm³/mol. The van der Waals surface area contributed by atoms with Gasteiger partial charge in [-0.05, 0) is 57.1 Å². The number of nitrogens with one attached hydrogen (secondary N) is 1. The van der Waals surface area contributed by atoms with Crippen LogP contribution in [-0.2, 0) is 10.2 Å². The minimum Gasteiger partial charge on any atom is -0.354 e. The molecule has 0 heterocycles. The number of carbonyl (C=O) groups is 1. The number of nitrogens with zero attached hydrogens (tertiary/aromatic N) is 1. The number of likely N-dealkylation sites (N-methyl/N-ethyl adjacent to an activating group) is 1. The largest absolute Gasteiger partial charge is 0.354 e. The predicted octanol–water partition coefficient (Wildman–Crippen LogP) is 3.74. The van der Waals surface area contributed by atoms with E-state index < -0.39 is 0 Å². The molecule has 0 atom stereocenters. The van der Waals surface area contributed by atoms with Crippen LogP contribution >= 0.6 is 0 Å². The molecule has 0 radical (unpaired) electrons. The standard InChI is InChI=1S/C21H32N2O/c1-17-9-11-19(12-10-17)23(2)15-20(24)22-16-21(13-6-14-21)18-7-4-3-5-8-18/h3-5,7-8,17,19H,6,9-16H2,1-2H3,(H,22,24). The van der Waals surface area contributed by atoms with E-state index in [1.807, 2.05) is 0 Å². The lowest BCUT2D eigenvalue weighted by Crippen LogP contribution is -2.48. The van der Waals surface area contributed by atoms with Crippen LogP contribution < -0.4 is 5.32 Å². The molecule has 2 saturated carbocycles. The normalized spacial score (nSPS) is 26.0. The molecule has 1 aromatic rings. The molecule has 0 aromatic heterocycles. The molecule has 2 aliphatic rings. The summed E-state index contributed by atoms with van der Waals surface area (Å²) in [5, 5.41) is 3.22. The summed E-state index contributed by atoms with van der Waals surface area (Å²) in [6.45, 7) is 3.65. The van der Waals surface area contributed by atoms with Crippen molar-refractivity contribution in [2.24, 2.45) is 5.92 Å². The van der Waals surface area contributed by atoms with Gasteiger partial charge in [0.15, 0.2) is 0 Å². The van der Waals surface area contributed by atoms with Crippen LogP contribution in [0.1, 0.15) is 57.4 Å². The third-order valence-electron chi connectivity index (χ3n) is 6.32. The van der Waals surface area contributed by atoms with Gasteiger partial charge in [0.05, 0.1) is 6.54 Å². The zero-order valence-corrected chi connectivity index (χ0v) is 15.3. The maximum atomic E-state index is 12.4. The molecule has 2 aliphatic carbocycles. The Balaban J connectivity index is 1.48. The third kappa shape index (κ3) is 4.00. The second kappa shape index (κ2) is 7.69. The Hall–Kier alpha value is -1.35. The Labute approximate surface area is 146 Å². The van der Waals surface area contributed by atoms with E-state index in [-0.39, 0.29) is 11.3 Å². The number of benzene rings is 1. The summed E-state index contributed by atoms with van der Waals surface area (Å²) in [7, 11) is 2.11. The fourth-order valence-electron chi connectivity index (χ4n) is 4.33. The van der Waals surface area contributed by atoms with Gasteiger partial charge in [-0.25, -0.2) is 0 Å². The van der Waals surface area contributed by atoms with Crippen LogP contribution in [0.15, 0.2) is 30.3 Å². The first kappa shape index (κ1) is 17.5. The molecule has 24 heavy (non-hydrogen) atoms. The van der Waals surface area contributed by atoms with E-state index in [1.165, 1.54) is 50.5 Å². The minimum atomic E-state index is 0.176. The average molecular weight is 329 g/mol. The van der Waals surface area contributed by atoms with Crippen LogP contribution in [-0.4, -0.2) is 37.0 Å². The van der Waals surface area contributed by atoms with Gasteiger partial charge in [-0.1, -0.05) is 43.7 Å². The van der Waals surface area contributed by atoms with Gasteiger partial charge in [0.25, 0.3) is 0 Å². The lowest BCUT2D eigenvalue weighted by molar-refractivity contribution is -0.123. The van der Waals surface area contributed by atoms with E-state index >= 15 is 0 Å². The van der Waals surface area contributed by atoms with Crippen molar-refractivity contribution in [3.05, 3.63) is 35.9 Å². The lowest BCUT2D eigenvalue weighted by atomic mass is 9.64. The number of carbonyl (C=O) groups excluding carboxylic acids is 1. The first-order valence-electron chi connectivity index (χ1n) is 9.61. The molecule has 3 heteroatoms. The number of rotatable bonds is 6. The molecule has 3 nitrogen and oxygen atoms in total. The summed E-state index contributed by atoms with van der Waals surface area (Å²) in [6.07, 6.45) is 8.71. The zero-order chi connectivity index (χ0) is 17.0. The van der Waals surface area contributed by atoms with E-state index in [4.69, 9.17) is 0 Å². The van der Waals surface area contributed by atoms with E-state index in [2.05, 4.69) is 54.5 Å².